The molecule has 0 bridgehead atoms. The summed E-state index contributed by atoms with van der Waals surface area (Å²) in [5.74, 6) is 0.00808. The van der Waals surface area contributed by atoms with Crippen molar-refractivity contribution in [3.8, 4) is 0 Å². The summed E-state index contributed by atoms with van der Waals surface area (Å²) in [6, 6.07) is 10.4. The highest BCUT2D eigenvalue weighted by Crippen LogP contribution is 2.23. The summed E-state index contributed by atoms with van der Waals surface area (Å²) < 4.78 is 0. The third-order valence-electron chi connectivity index (χ3n) is 3.64. The standard InChI is InChI=1S/C14H16N2O2/c17-13-6-7-14(18)16(13)12-9-15(10-12)8-11-4-2-1-3-5-11/h1-5,12H,6-10H2. The van der Waals surface area contributed by atoms with Crippen LogP contribution in [0.2, 0.25) is 0 Å². The first-order chi connectivity index (χ1) is 8.74. The van der Waals surface area contributed by atoms with E-state index in [2.05, 4.69) is 17.0 Å². The van der Waals surface area contributed by atoms with Crippen molar-refractivity contribution in [1.29, 1.82) is 0 Å². The molecule has 2 fully saturated rings. The summed E-state index contributed by atoms with van der Waals surface area (Å²) in [6.07, 6.45) is 0.794. The van der Waals surface area contributed by atoms with Crippen LogP contribution < -0.4 is 0 Å². The summed E-state index contributed by atoms with van der Waals surface area (Å²) in [6.45, 7) is 2.52. The van der Waals surface area contributed by atoms with E-state index in [9.17, 15) is 9.59 Å². The molecule has 0 spiro atoms. The van der Waals surface area contributed by atoms with Crippen molar-refractivity contribution < 1.29 is 9.59 Å². The lowest BCUT2D eigenvalue weighted by Crippen LogP contribution is -2.60. The van der Waals surface area contributed by atoms with Crippen molar-refractivity contribution >= 4 is 11.8 Å². The van der Waals surface area contributed by atoms with E-state index in [1.807, 2.05) is 18.2 Å². The highest BCUT2D eigenvalue weighted by atomic mass is 16.2. The van der Waals surface area contributed by atoms with Crippen molar-refractivity contribution in [2.45, 2.75) is 25.4 Å². The van der Waals surface area contributed by atoms with Crippen molar-refractivity contribution in [1.82, 2.24) is 9.80 Å². The SMILES string of the molecule is O=C1CCC(=O)N1C1CN(Cc2ccccc2)C1. The summed E-state index contributed by atoms with van der Waals surface area (Å²) >= 11 is 0. The zero-order valence-corrected chi connectivity index (χ0v) is 10.2. The van der Waals surface area contributed by atoms with E-state index in [0.717, 1.165) is 19.6 Å². The molecule has 2 saturated heterocycles. The van der Waals surface area contributed by atoms with Crippen LogP contribution in [0.4, 0.5) is 0 Å². The van der Waals surface area contributed by atoms with Crippen LogP contribution in [0.5, 0.6) is 0 Å². The maximum Gasteiger partial charge on any atom is 0.230 e. The molecular formula is C14H16N2O2. The molecule has 0 aliphatic carbocycles. The minimum absolute atomic E-state index is 0.00404. The van der Waals surface area contributed by atoms with E-state index >= 15 is 0 Å². The Kier molecular flexibility index (Phi) is 2.88. The van der Waals surface area contributed by atoms with Crippen molar-refractivity contribution in [3.63, 3.8) is 0 Å². The van der Waals surface area contributed by atoms with Crippen LogP contribution >= 0.6 is 0 Å². The predicted molar refractivity (Wildman–Crippen MR) is 66.6 cm³/mol. The fraction of sp³-hybridized carbons (Fsp3) is 0.429. The second-order valence-electron chi connectivity index (χ2n) is 4.99. The molecule has 0 aromatic heterocycles. The smallest absolute Gasteiger partial charge is 0.230 e. The molecule has 18 heavy (non-hydrogen) atoms. The van der Waals surface area contributed by atoms with Gasteiger partial charge in [-0.2, -0.15) is 0 Å². The van der Waals surface area contributed by atoms with Gasteiger partial charge < -0.3 is 0 Å². The molecule has 1 aromatic rings. The third-order valence-corrected chi connectivity index (χ3v) is 3.64. The number of rotatable bonds is 3. The van der Waals surface area contributed by atoms with E-state index in [0.29, 0.717) is 12.8 Å². The first-order valence-electron chi connectivity index (χ1n) is 6.35. The number of carbonyl (C=O) groups excluding carboxylic acids is 2. The molecule has 94 valence electrons. The number of hydrogen-bond acceptors (Lipinski definition) is 3. The Morgan fingerprint density at radius 1 is 1.00 bits per heavy atom. The number of benzene rings is 1. The van der Waals surface area contributed by atoms with Gasteiger partial charge in [-0.15, -0.1) is 0 Å². The summed E-state index contributed by atoms with van der Waals surface area (Å²) in [7, 11) is 0. The van der Waals surface area contributed by atoms with E-state index in [1.165, 1.54) is 10.5 Å². The molecule has 1 aromatic carbocycles. The zero-order chi connectivity index (χ0) is 12.5. The molecular weight excluding hydrogens is 228 g/mol. The second-order valence-corrected chi connectivity index (χ2v) is 4.99. The molecule has 0 radical (unpaired) electrons. The molecule has 2 aliphatic heterocycles. The van der Waals surface area contributed by atoms with Gasteiger partial charge in [-0.05, 0) is 5.56 Å². The third kappa shape index (κ3) is 2.04. The van der Waals surface area contributed by atoms with Gasteiger partial charge >= 0.3 is 0 Å². The fourth-order valence-corrected chi connectivity index (χ4v) is 2.68. The van der Waals surface area contributed by atoms with Gasteiger partial charge in [0.1, 0.15) is 0 Å². The number of imide groups is 1. The zero-order valence-electron chi connectivity index (χ0n) is 10.2. The summed E-state index contributed by atoms with van der Waals surface area (Å²) in [5, 5.41) is 0. The number of carbonyl (C=O) groups is 2. The van der Waals surface area contributed by atoms with E-state index < -0.39 is 0 Å². The molecule has 2 amide bonds. The molecule has 2 heterocycles. The van der Waals surface area contributed by atoms with Crippen LogP contribution in [0.1, 0.15) is 18.4 Å². The van der Waals surface area contributed by atoms with Gasteiger partial charge in [-0.25, -0.2) is 0 Å². The molecule has 0 N–H and O–H groups in total. The van der Waals surface area contributed by atoms with Crippen LogP contribution in [0.3, 0.4) is 0 Å². The Morgan fingerprint density at radius 3 is 2.22 bits per heavy atom. The van der Waals surface area contributed by atoms with Crippen LogP contribution in [0.15, 0.2) is 30.3 Å². The number of nitrogens with zero attached hydrogens (tertiary/aromatic N) is 2. The van der Waals surface area contributed by atoms with Crippen molar-refractivity contribution in [2.75, 3.05) is 13.1 Å². The Bertz CT molecular complexity index is 450. The minimum atomic E-state index is 0.00404. The first kappa shape index (κ1) is 11.4. The molecule has 0 atom stereocenters. The Labute approximate surface area is 106 Å². The lowest BCUT2D eigenvalue weighted by Gasteiger charge is -2.43. The van der Waals surface area contributed by atoms with E-state index in [4.69, 9.17) is 0 Å². The minimum Gasteiger partial charge on any atom is -0.295 e. The molecule has 0 unspecified atom stereocenters. The molecule has 4 nitrogen and oxygen atoms in total. The first-order valence-corrected chi connectivity index (χ1v) is 6.35. The maximum absolute atomic E-state index is 11.6. The van der Waals surface area contributed by atoms with Crippen LogP contribution in [-0.2, 0) is 16.1 Å². The topological polar surface area (TPSA) is 40.6 Å². The average Bonchev–Trinajstić information content (AvgIpc) is 2.65. The van der Waals surface area contributed by atoms with Gasteiger partial charge in [0, 0.05) is 32.5 Å². The Balaban J connectivity index is 1.54. The fourth-order valence-electron chi connectivity index (χ4n) is 2.68. The van der Waals surface area contributed by atoms with Crippen LogP contribution in [0.25, 0.3) is 0 Å². The van der Waals surface area contributed by atoms with Crippen molar-refractivity contribution in [3.05, 3.63) is 35.9 Å². The largest absolute Gasteiger partial charge is 0.295 e. The highest BCUT2D eigenvalue weighted by Gasteiger charge is 2.40. The lowest BCUT2D eigenvalue weighted by molar-refractivity contribution is -0.145. The van der Waals surface area contributed by atoms with Gasteiger partial charge in [0.15, 0.2) is 0 Å². The van der Waals surface area contributed by atoms with Gasteiger partial charge in [0.2, 0.25) is 11.8 Å². The summed E-state index contributed by atoms with van der Waals surface area (Å²) in [5.41, 5.74) is 1.27. The van der Waals surface area contributed by atoms with Gasteiger partial charge in [0.05, 0.1) is 6.04 Å². The molecule has 0 saturated carbocycles. The number of likely N-dealkylation sites (tertiary alicyclic amines) is 2. The lowest BCUT2D eigenvalue weighted by atomic mass is 10.1. The van der Waals surface area contributed by atoms with E-state index in [-0.39, 0.29) is 17.9 Å². The van der Waals surface area contributed by atoms with E-state index in [1.54, 1.807) is 0 Å². The van der Waals surface area contributed by atoms with Gasteiger partial charge in [0.25, 0.3) is 0 Å². The monoisotopic (exact) mass is 244 g/mol. The van der Waals surface area contributed by atoms with Gasteiger partial charge in [-0.1, -0.05) is 30.3 Å². The second kappa shape index (κ2) is 4.53. The molecule has 4 heteroatoms. The number of hydrogen-bond donors (Lipinski definition) is 0. The summed E-state index contributed by atoms with van der Waals surface area (Å²) in [4.78, 5) is 26.9. The molecule has 2 aliphatic rings. The number of amides is 2. The van der Waals surface area contributed by atoms with Crippen LogP contribution in [-0.4, -0.2) is 40.7 Å². The van der Waals surface area contributed by atoms with Gasteiger partial charge in [-0.3, -0.25) is 19.4 Å². The van der Waals surface area contributed by atoms with Crippen LogP contribution in [0, 0.1) is 0 Å². The maximum atomic E-state index is 11.6. The highest BCUT2D eigenvalue weighted by molar-refractivity contribution is 6.02. The van der Waals surface area contributed by atoms with Crippen molar-refractivity contribution in [2.24, 2.45) is 0 Å². The Morgan fingerprint density at radius 2 is 1.61 bits per heavy atom. The molecule has 3 rings (SSSR count). The Hall–Kier alpha value is -1.68. The quantitative estimate of drug-likeness (QED) is 0.745. The normalized spacial score (nSPS) is 21.4. The predicted octanol–water partition coefficient (Wildman–Crippen LogP) is 1.02. The average molecular weight is 244 g/mol.